The summed E-state index contributed by atoms with van der Waals surface area (Å²) in [5.41, 5.74) is 6.46. The van der Waals surface area contributed by atoms with Gasteiger partial charge in [0.15, 0.2) is 0 Å². The third kappa shape index (κ3) is 2.76. The fourth-order valence-electron chi connectivity index (χ4n) is 2.76. The van der Waals surface area contributed by atoms with Crippen molar-refractivity contribution in [3.05, 3.63) is 85.1 Å². The van der Waals surface area contributed by atoms with Crippen LogP contribution in [-0.4, -0.2) is 12.8 Å². The van der Waals surface area contributed by atoms with Gasteiger partial charge < -0.3 is 0 Å². The van der Waals surface area contributed by atoms with Crippen LogP contribution in [0.3, 0.4) is 0 Å². The molecule has 0 unspecified atom stereocenters. The van der Waals surface area contributed by atoms with Gasteiger partial charge in [0.1, 0.15) is 7.85 Å². The van der Waals surface area contributed by atoms with Crippen LogP contribution < -0.4 is 5.46 Å². The molecule has 0 fully saturated rings. The van der Waals surface area contributed by atoms with Crippen molar-refractivity contribution in [1.82, 2.24) is 4.98 Å². The van der Waals surface area contributed by atoms with Gasteiger partial charge in [0.05, 0.1) is 5.52 Å². The van der Waals surface area contributed by atoms with Crippen LogP contribution in [0.2, 0.25) is 0 Å². The van der Waals surface area contributed by atoms with E-state index in [-0.39, 0.29) is 0 Å². The summed E-state index contributed by atoms with van der Waals surface area (Å²) in [4.78, 5) is 4.53. The Labute approximate surface area is 137 Å². The first-order chi connectivity index (χ1) is 11.3. The smallest absolute Gasteiger partial charge is 0.113 e. The lowest BCUT2D eigenvalue weighted by Crippen LogP contribution is -1.99. The fourth-order valence-corrected chi connectivity index (χ4v) is 2.76. The molecule has 0 spiro atoms. The molecule has 2 radical (unpaired) electrons. The molecule has 0 saturated carbocycles. The van der Waals surface area contributed by atoms with Crippen LogP contribution in [-0.2, 0) is 0 Å². The maximum Gasteiger partial charge on any atom is 0.113 e. The SMILES string of the molecule is [B]c1ccc(-c2ccc(-c3cnc4ccccc4c3)cc2)cc1. The minimum absolute atomic E-state index is 0.785. The molecule has 4 aromatic rings. The molecule has 1 nitrogen and oxygen atoms in total. The average molecular weight is 291 g/mol. The van der Waals surface area contributed by atoms with E-state index < -0.39 is 0 Å². The van der Waals surface area contributed by atoms with Gasteiger partial charge in [-0.2, -0.15) is 0 Å². The molecule has 106 valence electrons. The molecular formula is C21H14BN. The highest BCUT2D eigenvalue weighted by Crippen LogP contribution is 2.26. The molecule has 0 amide bonds. The lowest BCUT2D eigenvalue weighted by molar-refractivity contribution is 1.41. The summed E-state index contributed by atoms with van der Waals surface area (Å²) in [6.45, 7) is 0. The molecule has 0 bridgehead atoms. The predicted molar refractivity (Wildman–Crippen MR) is 98.0 cm³/mol. The highest BCUT2D eigenvalue weighted by molar-refractivity contribution is 6.32. The lowest BCUT2D eigenvalue weighted by atomic mass is 9.93. The topological polar surface area (TPSA) is 12.9 Å². The number of fused-ring (bicyclic) bond motifs is 1. The Morgan fingerprint density at radius 3 is 1.87 bits per heavy atom. The van der Waals surface area contributed by atoms with Crippen LogP contribution in [0.15, 0.2) is 85.1 Å². The molecule has 4 rings (SSSR count). The van der Waals surface area contributed by atoms with E-state index in [4.69, 9.17) is 7.85 Å². The van der Waals surface area contributed by atoms with Crippen molar-refractivity contribution in [2.75, 3.05) is 0 Å². The Morgan fingerprint density at radius 1 is 0.609 bits per heavy atom. The van der Waals surface area contributed by atoms with Crippen molar-refractivity contribution < 1.29 is 0 Å². The van der Waals surface area contributed by atoms with E-state index in [1.165, 1.54) is 16.7 Å². The van der Waals surface area contributed by atoms with Gasteiger partial charge in [0, 0.05) is 17.1 Å². The molecule has 1 aromatic heterocycles. The summed E-state index contributed by atoms with van der Waals surface area (Å²) in [6, 6.07) is 26.8. The molecule has 0 atom stereocenters. The first kappa shape index (κ1) is 13.8. The quantitative estimate of drug-likeness (QED) is 0.500. The molecular weight excluding hydrogens is 277 g/mol. The van der Waals surface area contributed by atoms with E-state index in [0.29, 0.717) is 0 Å². The number of aromatic nitrogens is 1. The second-order valence-electron chi connectivity index (χ2n) is 5.62. The Bertz CT molecular complexity index is 957. The largest absolute Gasteiger partial charge is 0.256 e. The molecule has 3 aromatic carbocycles. The second kappa shape index (κ2) is 5.73. The Hall–Kier alpha value is -2.87. The van der Waals surface area contributed by atoms with Crippen molar-refractivity contribution in [3.8, 4) is 22.3 Å². The normalized spacial score (nSPS) is 10.8. The minimum atomic E-state index is 0.785. The van der Waals surface area contributed by atoms with E-state index in [2.05, 4.69) is 41.4 Å². The van der Waals surface area contributed by atoms with Crippen molar-refractivity contribution >= 4 is 24.2 Å². The van der Waals surface area contributed by atoms with Gasteiger partial charge in [0.2, 0.25) is 0 Å². The summed E-state index contributed by atoms with van der Waals surface area (Å²) in [7, 11) is 5.74. The maximum atomic E-state index is 5.74. The number of nitrogens with zero attached hydrogens (tertiary/aromatic N) is 1. The highest BCUT2D eigenvalue weighted by Gasteiger charge is 2.02. The first-order valence-electron chi connectivity index (χ1n) is 7.61. The molecule has 0 saturated heterocycles. The van der Waals surface area contributed by atoms with Gasteiger partial charge in [-0.25, -0.2) is 0 Å². The van der Waals surface area contributed by atoms with E-state index in [1.807, 2.05) is 48.7 Å². The van der Waals surface area contributed by atoms with Gasteiger partial charge in [-0.1, -0.05) is 72.2 Å². The third-order valence-electron chi connectivity index (χ3n) is 4.05. The molecule has 0 aliphatic heterocycles. The minimum Gasteiger partial charge on any atom is -0.256 e. The van der Waals surface area contributed by atoms with Crippen LogP contribution in [0.25, 0.3) is 33.2 Å². The molecule has 0 aliphatic rings. The summed E-state index contributed by atoms with van der Waals surface area (Å²) >= 11 is 0. The highest BCUT2D eigenvalue weighted by atomic mass is 14.6. The van der Waals surface area contributed by atoms with Gasteiger partial charge in [0.25, 0.3) is 0 Å². The van der Waals surface area contributed by atoms with E-state index in [1.54, 1.807) is 0 Å². The van der Waals surface area contributed by atoms with E-state index >= 15 is 0 Å². The number of benzene rings is 3. The molecule has 0 aliphatic carbocycles. The molecule has 0 N–H and O–H groups in total. The number of para-hydroxylation sites is 1. The monoisotopic (exact) mass is 291 g/mol. The van der Waals surface area contributed by atoms with Gasteiger partial charge in [-0.05, 0) is 28.8 Å². The summed E-state index contributed by atoms with van der Waals surface area (Å²) < 4.78 is 0. The number of hydrogen-bond acceptors (Lipinski definition) is 1. The summed E-state index contributed by atoms with van der Waals surface area (Å²) in [6.07, 6.45) is 1.93. The Balaban J connectivity index is 1.70. The van der Waals surface area contributed by atoms with Crippen molar-refractivity contribution in [2.24, 2.45) is 0 Å². The third-order valence-corrected chi connectivity index (χ3v) is 4.05. The first-order valence-corrected chi connectivity index (χ1v) is 7.61. The van der Waals surface area contributed by atoms with Gasteiger partial charge in [-0.3, -0.25) is 4.98 Å². The van der Waals surface area contributed by atoms with Crippen LogP contribution >= 0.6 is 0 Å². The summed E-state index contributed by atoms with van der Waals surface area (Å²) in [5.74, 6) is 0. The maximum absolute atomic E-state index is 5.74. The Kier molecular flexibility index (Phi) is 3.43. The molecule has 1 heterocycles. The van der Waals surface area contributed by atoms with Crippen LogP contribution in [0.5, 0.6) is 0 Å². The van der Waals surface area contributed by atoms with Crippen molar-refractivity contribution in [3.63, 3.8) is 0 Å². The van der Waals surface area contributed by atoms with Crippen LogP contribution in [0.1, 0.15) is 0 Å². The lowest BCUT2D eigenvalue weighted by Gasteiger charge is -2.06. The standard InChI is InChI=1S/C21H14BN/c22-20-11-9-16(10-12-20)15-5-7-17(8-6-15)19-13-18-3-1-2-4-21(18)23-14-19/h1-14H. The Morgan fingerprint density at radius 2 is 1.17 bits per heavy atom. The van der Waals surface area contributed by atoms with E-state index in [0.717, 1.165) is 21.9 Å². The molecule has 2 heteroatoms. The van der Waals surface area contributed by atoms with Gasteiger partial charge >= 0.3 is 0 Å². The van der Waals surface area contributed by atoms with Crippen LogP contribution in [0.4, 0.5) is 0 Å². The average Bonchev–Trinajstić information content (AvgIpc) is 2.62. The van der Waals surface area contributed by atoms with Crippen molar-refractivity contribution in [1.29, 1.82) is 0 Å². The summed E-state index contributed by atoms with van der Waals surface area (Å²) in [5, 5.41) is 1.16. The zero-order valence-electron chi connectivity index (χ0n) is 12.6. The molecule has 23 heavy (non-hydrogen) atoms. The van der Waals surface area contributed by atoms with Crippen molar-refractivity contribution in [2.45, 2.75) is 0 Å². The fraction of sp³-hybridized carbons (Fsp3) is 0. The number of rotatable bonds is 2. The predicted octanol–water partition coefficient (Wildman–Crippen LogP) is 4.36. The second-order valence-corrected chi connectivity index (χ2v) is 5.62. The zero-order valence-corrected chi connectivity index (χ0v) is 12.6. The zero-order chi connectivity index (χ0) is 15.6. The number of hydrogen-bond donors (Lipinski definition) is 0. The number of pyridine rings is 1. The van der Waals surface area contributed by atoms with Gasteiger partial charge in [-0.15, -0.1) is 0 Å². The van der Waals surface area contributed by atoms with E-state index in [9.17, 15) is 0 Å². The van der Waals surface area contributed by atoms with Crippen LogP contribution in [0, 0.1) is 0 Å².